The van der Waals surface area contributed by atoms with Gasteiger partial charge in [-0.15, -0.1) is 0 Å². The lowest BCUT2D eigenvalue weighted by Crippen LogP contribution is -2.34. The van der Waals surface area contributed by atoms with E-state index < -0.39 is 5.82 Å². The normalized spacial score (nSPS) is 14.2. The minimum atomic E-state index is -0.477. The van der Waals surface area contributed by atoms with Crippen molar-refractivity contribution in [1.29, 1.82) is 0 Å². The van der Waals surface area contributed by atoms with Crippen molar-refractivity contribution in [3.63, 3.8) is 0 Å². The number of benzene rings is 2. The average molecular weight is 305 g/mol. The molecule has 0 radical (unpaired) electrons. The summed E-state index contributed by atoms with van der Waals surface area (Å²) in [4.78, 5) is 13.8. The first-order valence-corrected chi connectivity index (χ1v) is 7.05. The molecule has 0 saturated carbocycles. The fraction of sp³-hybridized carbons (Fsp3) is 0.188. The van der Waals surface area contributed by atoms with Crippen molar-refractivity contribution in [2.75, 3.05) is 10.6 Å². The number of anilines is 2. The van der Waals surface area contributed by atoms with Crippen LogP contribution in [-0.4, -0.2) is 5.91 Å². The molecule has 21 heavy (non-hydrogen) atoms. The van der Waals surface area contributed by atoms with Gasteiger partial charge in [-0.05, 0) is 36.2 Å². The van der Waals surface area contributed by atoms with Gasteiger partial charge in [-0.25, -0.2) is 4.39 Å². The lowest BCUT2D eigenvalue weighted by molar-refractivity contribution is -0.119. The SMILES string of the molecule is Nc1ccc2c(c1)CCC(=O)N2Cc1cccc(Cl)c1F. The Balaban J connectivity index is 1.99. The third kappa shape index (κ3) is 2.59. The summed E-state index contributed by atoms with van der Waals surface area (Å²) in [7, 11) is 0. The molecule has 0 aliphatic carbocycles. The monoisotopic (exact) mass is 304 g/mol. The topological polar surface area (TPSA) is 46.3 Å². The van der Waals surface area contributed by atoms with Gasteiger partial charge in [0.05, 0.1) is 11.6 Å². The summed E-state index contributed by atoms with van der Waals surface area (Å²) in [6, 6.07) is 10.2. The first-order valence-electron chi connectivity index (χ1n) is 6.68. The molecule has 2 aromatic rings. The number of carbonyl (C=O) groups is 1. The third-order valence-electron chi connectivity index (χ3n) is 3.66. The summed E-state index contributed by atoms with van der Waals surface area (Å²) in [5.41, 5.74) is 8.65. The average Bonchev–Trinajstić information content (AvgIpc) is 2.46. The molecule has 3 rings (SSSR count). The van der Waals surface area contributed by atoms with Crippen molar-refractivity contribution in [3.05, 3.63) is 58.4 Å². The van der Waals surface area contributed by atoms with Gasteiger partial charge in [0.15, 0.2) is 0 Å². The van der Waals surface area contributed by atoms with Crippen LogP contribution in [-0.2, 0) is 17.8 Å². The Morgan fingerprint density at radius 2 is 2.05 bits per heavy atom. The van der Waals surface area contributed by atoms with Crippen LogP contribution in [0.15, 0.2) is 36.4 Å². The van der Waals surface area contributed by atoms with E-state index in [1.807, 2.05) is 12.1 Å². The lowest BCUT2D eigenvalue weighted by atomic mass is 9.99. The minimum Gasteiger partial charge on any atom is -0.399 e. The van der Waals surface area contributed by atoms with Gasteiger partial charge in [-0.1, -0.05) is 23.7 Å². The van der Waals surface area contributed by atoms with Crippen LogP contribution in [0.25, 0.3) is 0 Å². The number of amides is 1. The zero-order valence-electron chi connectivity index (χ0n) is 11.3. The highest BCUT2D eigenvalue weighted by Gasteiger charge is 2.25. The Hall–Kier alpha value is -2.07. The first-order chi connectivity index (χ1) is 10.1. The molecule has 2 N–H and O–H groups in total. The highest BCUT2D eigenvalue weighted by atomic mass is 35.5. The lowest BCUT2D eigenvalue weighted by Gasteiger charge is -2.30. The summed E-state index contributed by atoms with van der Waals surface area (Å²) in [6.07, 6.45) is 1.06. The summed E-state index contributed by atoms with van der Waals surface area (Å²) in [5, 5.41) is 0.0643. The van der Waals surface area contributed by atoms with Gasteiger partial charge in [0.25, 0.3) is 0 Å². The zero-order chi connectivity index (χ0) is 15.0. The predicted octanol–water partition coefficient (Wildman–Crippen LogP) is 3.54. The number of aryl methyl sites for hydroxylation is 1. The molecule has 0 atom stereocenters. The Morgan fingerprint density at radius 3 is 2.86 bits per heavy atom. The molecule has 0 saturated heterocycles. The smallest absolute Gasteiger partial charge is 0.227 e. The van der Waals surface area contributed by atoms with Gasteiger partial charge < -0.3 is 10.6 Å². The fourth-order valence-corrected chi connectivity index (χ4v) is 2.79. The van der Waals surface area contributed by atoms with Crippen LogP contribution in [0.3, 0.4) is 0 Å². The number of halogens is 2. The van der Waals surface area contributed by atoms with E-state index >= 15 is 0 Å². The molecule has 108 valence electrons. The van der Waals surface area contributed by atoms with Gasteiger partial charge >= 0.3 is 0 Å². The Kier molecular flexibility index (Phi) is 3.55. The van der Waals surface area contributed by atoms with Gasteiger partial charge in [0, 0.05) is 23.4 Å². The van der Waals surface area contributed by atoms with Crippen molar-refractivity contribution >= 4 is 28.9 Å². The number of nitrogens with two attached hydrogens (primary N) is 1. The van der Waals surface area contributed by atoms with Gasteiger partial charge in [0.1, 0.15) is 5.82 Å². The van der Waals surface area contributed by atoms with E-state index in [1.165, 1.54) is 6.07 Å². The van der Waals surface area contributed by atoms with E-state index in [2.05, 4.69) is 0 Å². The summed E-state index contributed by atoms with van der Waals surface area (Å²) in [5.74, 6) is -0.499. The molecule has 1 heterocycles. The van der Waals surface area contributed by atoms with Crippen LogP contribution in [0.4, 0.5) is 15.8 Å². The number of hydrogen-bond acceptors (Lipinski definition) is 2. The maximum absolute atomic E-state index is 14.0. The largest absolute Gasteiger partial charge is 0.399 e. The zero-order valence-corrected chi connectivity index (χ0v) is 12.0. The number of rotatable bonds is 2. The molecule has 0 spiro atoms. The van der Waals surface area contributed by atoms with E-state index in [9.17, 15) is 9.18 Å². The third-order valence-corrected chi connectivity index (χ3v) is 3.96. The summed E-state index contributed by atoms with van der Waals surface area (Å²) in [6.45, 7) is 0.169. The molecular formula is C16H14ClFN2O. The molecule has 1 amide bonds. The van der Waals surface area contributed by atoms with Crippen LogP contribution in [0.1, 0.15) is 17.5 Å². The van der Waals surface area contributed by atoms with Crippen molar-refractivity contribution in [3.8, 4) is 0 Å². The first kappa shape index (κ1) is 13.9. The maximum Gasteiger partial charge on any atom is 0.227 e. The van der Waals surface area contributed by atoms with Crippen LogP contribution in [0.5, 0.6) is 0 Å². The van der Waals surface area contributed by atoms with E-state index in [0.29, 0.717) is 24.1 Å². The van der Waals surface area contributed by atoms with Crippen LogP contribution < -0.4 is 10.6 Å². The molecule has 2 aromatic carbocycles. The van der Waals surface area contributed by atoms with Crippen LogP contribution in [0, 0.1) is 5.82 Å². The molecule has 3 nitrogen and oxygen atoms in total. The highest BCUT2D eigenvalue weighted by molar-refractivity contribution is 6.30. The number of nitrogen functional groups attached to an aromatic ring is 1. The van der Waals surface area contributed by atoms with Gasteiger partial charge in [-0.3, -0.25) is 4.79 Å². The van der Waals surface area contributed by atoms with E-state index in [-0.39, 0.29) is 17.5 Å². The molecule has 1 aliphatic heterocycles. The van der Waals surface area contributed by atoms with Crippen molar-refractivity contribution in [1.82, 2.24) is 0 Å². The van der Waals surface area contributed by atoms with Crippen LogP contribution in [0.2, 0.25) is 5.02 Å². The molecule has 5 heteroatoms. The standard InChI is InChI=1S/C16H14ClFN2O/c17-13-3-1-2-11(16(13)18)9-20-14-6-5-12(19)8-10(14)4-7-15(20)21/h1-3,5-6,8H,4,7,9,19H2. The Bertz CT molecular complexity index is 717. The second kappa shape index (κ2) is 5.37. The van der Waals surface area contributed by atoms with E-state index in [1.54, 1.807) is 23.1 Å². The molecular weight excluding hydrogens is 291 g/mol. The molecule has 0 bridgehead atoms. The predicted molar refractivity (Wildman–Crippen MR) is 81.8 cm³/mol. The number of nitrogens with zero attached hydrogens (tertiary/aromatic N) is 1. The highest BCUT2D eigenvalue weighted by Crippen LogP contribution is 2.31. The second-order valence-electron chi connectivity index (χ2n) is 5.08. The maximum atomic E-state index is 14.0. The van der Waals surface area contributed by atoms with Gasteiger partial charge in [0.2, 0.25) is 5.91 Å². The van der Waals surface area contributed by atoms with Crippen molar-refractivity contribution in [2.45, 2.75) is 19.4 Å². The second-order valence-corrected chi connectivity index (χ2v) is 5.49. The van der Waals surface area contributed by atoms with E-state index in [0.717, 1.165) is 11.3 Å². The number of fused-ring (bicyclic) bond motifs is 1. The van der Waals surface area contributed by atoms with Crippen molar-refractivity contribution in [2.24, 2.45) is 0 Å². The number of carbonyl (C=O) groups excluding carboxylic acids is 1. The summed E-state index contributed by atoms with van der Waals surface area (Å²) >= 11 is 5.79. The summed E-state index contributed by atoms with van der Waals surface area (Å²) < 4.78 is 14.0. The van der Waals surface area contributed by atoms with E-state index in [4.69, 9.17) is 17.3 Å². The van der Waals surface area contributed by atoms with Crippen LogP contribution >= 0.6 is 11.6 Å². The fourth-order valence-electron chi connectivity index (χ4n) is 2.59. The molecule has 0 fully saturated rings. The molecule has 0 unspecified atom stereocenters. The van der Waals surface area contributed by atoms with Gasteiger partial charge in [-0.2, -0.15) is 0 Å². The Labute approximate surface area is 127 Å². The Morgan fingerprint density at radius 1 is 1.24 bits per heavy atom. The molecule has 0 aromatic heterocycles. The minimum absolute atomic E-state index is 0.0216. The van der Waals surface area contributed by atoms with Crippen molar-refractivity contribution < 1.29 is 9.18 Å². The number of hydrogen-bond donors (Lipinski definition) is 1. The quantitative estimate of drug-likeness (QED) is 0.863. The molecule has 1 aliphatic rings.